The standard InChI is InChI=1S/C38H52.2ClH.Zr/c1-23-22-38(37(11,12)13,32-21-26(20-29(23)32)36(8,9)10)33-30-18-24(34(2,3)4)14-16-27(30)28-17-15-25(19-31(28)33)35(5,6)7;;;/h14-19,21,23,33H,20,22H2,1-13H3;2*1H;/q;;;+2/p-2. The first-order valence-corrected chi connectivity index (χ1v) is 15.0. The van der Waals surface area contributed by atoms with Crippen LogP contribution in [-0.2, 0) is 37.0 Å². The quantitative estimate of drug-likeness (QED) is 0.394. The first kappa shape index (κ1) is 36.6. The molecular weight excluding hydrogens is 619 g/mol. The minimum atomic E-state index is 0. The van der Waals surface area contributed by atoms with E-state index in [2.05, 4.69) is 132 Å². The molecule has 0 fully saturated rings. The van der Waals surface area contributed by atoms with Gasteiger partial charge in [-0.3, -0.25) is 0 Å². The molecule has 0 nitrogen and oxygen atoms in total. The molecule has 3 aliphatic rings. The SMILES string of the molecule is CC1CC(C2c3cc(C(C)(C)C)ccc3-c3ccc(C(C)(C)C)cc32)(C(C)(C)C)C2=C1CC(C(C)(C)C)=C2.[Cl-].[Cl-].[Zr+2]. The van der Waals surface area contributed by atoms with E-state index in [4.69, 9.17) is 0 Å². The van der Waals surface area contributed by atoms with Crippen LogP contribution in [0.4, 0.5) is 0 Å². The van der Waals surface area contributed by atoms with Crippen molar-refractivity contribution in [3.05, 3.63) is 81.4 Å². The first-order valence-electron chi connectivity index (χ1n) is 15.0. The maximum atomic E-state index is 2.67. The van der Waals surface area contributed by atoms with E-state index < -0.39 is 0 Å². The monoisotopic (exact) mass is 668 g/mol. The topological polar surface area (TPSA) is 0 Å². The number of rotatable bonds is 1. The molecule has 222 valence electrons. The normalized spacial score (nSPS) is 22.3. The molecule has 0 spiro atoms. The van der Waals surface area contributed by atoms with Crippen molar-refractivity contribution in [1.29, 1.82) is 0 Å². The van der Waals surface area contributed by atoms with Crippen LogP contribution < -0.4 is 24.8 Å². The molecule has 2 atom stereocenters. The zero-order valence-corrected chi connectivity index (χ0v) is 31.8. The molecule has 0 N–H and O–H groups in total. The molecule has 0 heterocycles. The number of allylic oxidation sites excluding steroid dienone is 4. The smallest absolute Gasteiger partial charge is 1.00 e. The summed E-state index contributed by atoms with van der Waals surface area (Å²) in [7, 11) is 0. The molecule has 0 amide bonds. The molecule has 3 aliphatic carbocycles. The van der Waals surface area contributed by atoms with Gasteiger partial charge in [-0.25, -0.2) is 0 Å². The van der Waals surface area contributed by atoms with E-state index in [1.165, 1.54) is 28.7 Å². The second-order valence-electron chi connectivity index (χ2n) is 16.9. The summed E-state index contributed by atoms with van der Waals surface area (Å²) in [5, 5.41) is 0. The second kappa shape index (κ2) is 11.4. The second-order valence-corrected chi connectivity index (χ2v) is 16.9. The number of hydrogen-bond donors (Lipinski definition) is 0. The number of benzene rings is 2. The third kappa shape index (κ3) is 5.80. The fourth-order valence-electron chi connectivity index (χ4n) is 7.81. The van der Waals surface area contributed by atoms with Crippen molar-refractivity contribution in [1.82, 2.24) is 0 Å². The molecular formula is C38H52Cl2Zr. The number of hydrogen-bond acceptors (Lipinski definition) is 0. The number of fused-ring (bicyclic) bond motifs is 3. The third-order valence-electron chi connectivity index (χ3n) is 10.3. The summed E-state index contributed by atoms with van der Waals surface area (Å²) in [5.41, 5.74) is 14.6. The Morgan fingerprint density at radius 1 is 0.659 bits per heavy atom. The predicted molar refractivity (Wildman–Crippen MR) is 166 cm³/mol. The molecule has 2 aromatic rings. The Labute approximate surface area is 283 Å². The first-order chi connectivity index (χ1) is 17.3. The summed E-state index contributed by atoms with van der Waals surface area (Å²) in [4.78, 5) is 0. The average Bonchev–Trinajstić information content (AvgIpc) is 3.42. The molecule has 2 unspecified atom stereocenters. The van der Waals surface area contributed by atoms with Gasteiger partial charge in [-0.15, -0.1) is 0 Å². The Bertz CT molecular complexity index is 1300. The van der Waals surface area contributed by atoms with Crippen molar-refractivity contribution in [3.8, 4) is 11.1 Å². The zero-order chi connectivity index (χ0) is 28.2. The summed E-state index contributed by atoms with van der Waals surface area (Å²) < 4.78 is 0. The van der Waals surface area contributed by atoms with Gasteiger partial charge >= 0.3 is 26.2 Å². The molecule has 0 radical (unpaired) electrons. The van der Waals surface area contributed by atoms with Crippen LogP contribution in [0.3, 0.4) is 0 Å². The van der Waals surface area contributed by atoms with Crippen LogP contribution in [0.2, 0.25) is 0 Å². The van der Waals surface area contributed by atoms with Crippen LogP contribution in [0, 0.1) is 22.2 Å². The maximum Gasteiger partial charge on any atom is 2.00 e. The molecule has 0 saturated carbocycles. The minimum Gasteiger partial charge on any atom is -1.00 e. The van der Waals surface area contributed by atoms with Crippen LogP contribution in [-0.4, -0.2) is 0 Å². The van der Waals surface area contributed by atoms with Crippen molar-refractivity contribution in [2.45, 2.75) is 120 Å². The van der Waals surface area contributed by atoms with E-state index in [-0.39, 0.29) is 78.1 Å². The summed E-state index contributed by atoms with van der Waals surface area (Å²) in [6.45, 7) is 31.4. The van der Waals surface area contributed by atoms with Gasteiger partial charge in [0.15, 0.2) is 0 Å². The van der Waals surface area contributed by atoms with Crippen LogP contribution in [0.1, 0.15) is 131 Å². The summed E-state index contributed by atoms with van der Waals surface area (Å²) in [5.74, 6) is 0.979. The van der Waals surface area contributed by atoms with Gasteiger partial charge in [-0.2, -0.15) is 0 Å². The Morgan fingerprint density at radius 3 is 1.46 bits per heavy atom. The molecule has 5 rings (SSSR count). The summed E-state index contributed by atoms with van der Waals surface area (Å²) in [6, 6.07) is 14.9. The van der Waals surface area contributed by atoms with Crippen LogP contribution >= 0.6 is 0 Å². The van der Waals surface area contributed by atoms with Gasteiger partial charge in [0, 0.05) is 11.3 Å². The Morgan fingerprint density at radius 2 is 1.10 bits per heavy atom. The number of halogens is 2. The van der Waals surface area contributed by atoms with Crippen LogP contribution in [0.25, 0.3) is 11.1 Å². The van der Waals surface area contributed by atoms with Gasteiger partial charge in [0.25, 0.3) is 0 Å². The molecule has 0 aliphatic heterocycles. The Kier molecular flexibility index (Phi) is 10.2. The third-order valence-corrected chi connectivity index (χ3v) is 10.3. The molecule has 3 heteroatoms. The van der Waals surface area contributed by atoms with E-state index in [0.29, 0.717) is 11.8 Å². The van der Waals surface area contributed by atoms with Gasteiger partial charge in [0.1, 0.15) is 0 Å². The van der Waals surface area contributed by atoms with E-state index >= 15 is 0 Å². The molecule has 41 heavy (non-hydrogen) atoms. The van der Waals surface area contributed by atoms with E-state index in [0.717, 1.165) is 6.42 Å². The molecule has 0 bridgehead atoms. The Hall–Kier alpha value is -0.617. The molecule has 0 saturated heterocycles. The maximum absolute atomic E-state index is 2.67. The van der Waals surface area contributed by atoms with Crippen LogP contribution in [0.15, 0.2) is 59.2 Å². The Balaban J connectivity index is 0.00000196. The minimum absolute atomic E-state index is 0. The van der Waals surface area contributed by atoms with Crippen molar-refractivity contribution in [2.75, 3.05) is 0 Å². The van der Waals surface area contributed by atoms with Gasteiger partial charge in [0.05, 0.1) is 0 Å². The summed E-state index contributed by atoms with van der Waals surface area (Å²) >= 11 is 0. The zero-order valence-electron chi connectivity index (χ0n) is 27.9. The molecule has 0 aromatic heterocycles. The fraction of sp³-hybridized carbons (Fsp3) is 0.579. The van der Waals surface area contributed by atoms with Crippen molar-refractivity contribution >= 4 is 0 Å². The summed E-state index contributed by atoms with van der Waals surface area (Å²) in [6.07, 6.45) is 5.06. The van der Waals surface area contributed by atoms with Gasteiger partial charge in [-0.1, -0.05) is 144 Å². The van der Waals surface area contributed by atoms with Crippen LogP contribution in [0.5, 0.6) is 0 Å². The van der Waals surface area contributed by atoms with Gasteiger partial charge in [-0.05, 0) is 79.4 Å². The molecule has 2 aromatic carbocycles. The van der Waals surface area contributed by atoms with E-state index in [1.54, 1.807) is 27.8 Å². The van der Waals surface area contributed by atoms with E-state index in [1.807, 2.05) is 0 Å². The average molecular weight is 671 g/mol. The van der Waals surface area contributed by atoms with E-state index in [9.17, 15) is 0 Å². The van der Waals surface area contributed by atoms with Gasteiger partial charge in [0.2, 0.25) is 0 Å². The fourth-order valence-corrected chi connectivity index (χ4v) is 7.81. The van der Waals surface area contributed by atoms with Crippen molar-refractivity contribution in [2.24, 2.45) is 22.2 Å². The van der Waals surface area contributed by atoms with Crippen molar-refractivity contribution in [3.63, 3.8) is 0 Å². The largest absolute Gasteiger partial charge is 2.00 e. The predicted octanol–water partition coefficient (Wildman–Crippen LogP) is 5.14. The van der Waals surface area contributed by atoms with Gasteiger partial charge < -0.3 is 24.8 Å². The van der Waals surface area contributed by atoms with Crippen molar-refractivity contribution < 1.29 is 51.0 Å².